The topological polar surface area (TPSA) is 71.2 Å². The summed E-state index contributed by atoms with van der Waals surface area (Å²) in [6.07, 6.45) is 2.68. The molecule has 0 saturated heterocycles. The van der Waals surface area contributed by atoms with E-state index in [0.29, 0.717) is 16.0 Å². The standard InChI is InChI=1S/C24H19ClF2N4O2S/c1-14(24(33,11-30-13-28-12-29-30)19-6-5-18(26)9-20(19)27)31-10-16-8-21(34-22(16)23(31)32)15-3-2-4-17(25)7-15/h2-9,12-14,33H,10-11H2,1H3/t14-,24-/m1/s1. The van der Waals surface area contributed by atoms with Crippen LogP contribution < -0.4 is 0 Å². The Kier molecular flexibility index (Phi) is 5.71. The van der Waals surface area contributed by atoms with Gasteiger partial charge >= 0.3 is 0 Å². The van der Waals surface area contributed by atoms with E-state index in [1.165, 1.54) is 39.6 Å². The second-order valence-electron chi connectivity index (χ2n) is 8.23. The minimum absolute atomic E-state index is 0.125. The average molecular weight is 501 g/mol. The number of aromatic nitrogens is 3. The van der Waals surface area contributed by atoms with E-state index in [1.54, 1.807) is 13.0 Å². The zero-order chi connectivity index (χ0) is 24.0. The molecule has 3 heterocycles. The van der Waals surface area contributed by atoms with Crippen molar-refractivity contribution in [1.29, 1.82) is 0 Å². The van der Waals surface area contributed by atoms with Crippen LogP contribution in [0, 0.1) is 11.6 Å². The minimum Gasteiger partial charge on any atom is -0.381 e. The summed E-state index contributed by atoms with van der Waals surface area (Å²) in [7, 11) is 0. The first-order chi connectivity index (χ1) is 16.3. The van der Waals surface area contributed by atoms with E-state index in [-0.39, 0.29) is 24.6 Å². The molecule has 2 atom stereocenters. The van der Waals surface area contributed by atoms with Crippen LogP contribution in [0.4, 0.5) is 8.78 Å². The van der Waals surface area contributed by atoms with Gasteiger partial charge in [-0.2, -0.15) is 5.10 Å². The highest BCUT2D eigenvalue weighted by molar-refractivity contribution is 7.17. The highest BCUT2D eigenvalue weighted by Crippen LogP contribution is 2.41. The van der Waals surface area contributed by atoms with Gasteiger partial charge in [0.25, 0.3) is 5.91 Å². The Balaban J connectivity index is 1.49. The number of aliphatic hydroxyl groups is 1. The molecule has 0 aliphatic carbocycles. The maximum atomic E-state index is 14.8. The molecular weight excluding hydrogens is 482 g/mol. The quantitative estimate of drug-likeness (QED) is 0.410. The fourth-order valence-corrected chi connectivity index (χ4v) is 5.63. The maximum absolute atomic E-state index is 14.8. The fourth-order valence-electron chi connectivity index (χ4n) is 4.31. The molecule has 1 N–H and O–H groups in total. The number of hydrogen-bond acceptors (Lipinski definition) is 5. The molecule has 0 unspecified atom stereocenters. The highest BCUT2D eigenvalue weighted by atomic mass is 35.5. The number of amides is 1. The summed E-state index contributed by atoms with van der Waals surface area (Å²) in [5.74, 6) is -1.93. The third-order valence-electron chi connectivity index (χ3n) is 6.14. The van der Waals surface area contributed by atoms with Crippen molar-refractivity contribution in [1.82, 2.24) is 19.7 Å². The molecule has 0 radical (unpaired) electrons. The largest absolute Gasteiger partial charge is 0.381 e. The lowest BCUT2D eigenvalue weighted by Crippen LogP contribution is -2.52. The van der Waals surface area contributed by atoms with Crippen molar-refractivity contribution < 1.29 is 18.7 Å². The summed E-state index contributed by atoms with van der Waals surface area (Å²) < 4.78 is 29.8. The van der Waals surface area contributed by atoms with Crippen LogP contribution in [0.25, 0.3) is 10.4 Å². The molecule has 5 rings (SSSR count). The molecule has 4 aromatic rings. The van der Waals surface area contributed by atoms with E-state index in [2.05, 4.69) is 10.1 Å². The smallest absolute Gasteiger partial charge is 0.264 e. The van der Waals surface area contributed by atoms with Crippen LogP contribution in [-0.2, 0) is 18.7 Å². The number of thiophene rings is 1. The van der Waals surface area contributed by atoms with Crippen LogP contribution in [-0.4, -0.2) is 36.7 Å². The van der Waals surface area contributed by atoms with Gasteiger partial charge in [0.05, 0.1) is 17.5 Å². The molecule has 1 aliphatic heterocycles. The van der Waals surface area contributed by atoms with E-state index >= 15 is 0 Å². The summed E-state index contributed by atoms with van der Waals surface area (Å²) in [6, 6.07) is 11.5. The molecule has 1 aliphatic rings. The minimum atomic E-state index is -1.90. The molecule has 6 nitrogen and oxygen atoms in total. The summed E-state index contributed by atoms with van der Waals surface area (Å²) in [5.41, 5.74) is -0.292. The Labute approximate surface area is 203 Å². The molecule has 10 heteroatoms. The number of benzene rings is 2. The maximum Gasteiger partial charge on any atom is 0.264 e. The first kappa shape index (κ1) is 22.6. The van der Waals surface area contributed by atoms with Crippen LogP contribution in [0.5, 0.6) is 0 Å². The number of hydrogen-bond donors (Lipinski definition) is 1. The van der Waals surface area contributed by atoms with Gasteiger partial charge in [0.2, 0.25) is 0 Å². The summed E-state index contributed by atoms with van der Waals surface area (Å²) >= 11 is 7.46. The van der Waals surface area contributed by atoms with Crippen LogP contribution in [0.1, 0.15) is 27.7 Å². The van der Waals surface area contributed by atoms with Crippen LogP contribution in [0.3, 0.4) is 0 Å². The third-order valence-corrected chi connectivity index (χ3v) is 7.59. The summed E-state index contributed by atoms with van der Waals surface area (Å²) in [4.78, 5) is 20.2. The second-order valence-corrected chi connectivity index (χ2v) is 9.71. The van der Waals surface area contributed by atoms with Crippen molar-refractivity contribution in [2.45, 2.75) is 31.7 Å². The summed E-state index contributed by atoms with van der Waals surface area (Å²) in [6.45, 7) is 1.71. The second kappa shape index (κ2) is 8.57. The van der Waals surface area contributed by atoms with Gasteiger partial charge in [-0.25, -0.2) is 18.4 Å². The molecule has 1 amide bonds. The molecule has 34 heavy (non-hydrogen) atoms. The van der Waals surface area contributed by atoms with E-state index in [4.69, 9.17) is 11.6 Å². The molecule has 2 aromatic heterocycles. The Morgan fingerprint density at radius 2 is 2.06 bits per heavy atom. The van der Waals surface area contributed by atoms with E-state index in [0.717, 1.165) is 22.1 Å². The molecule has 2 aromatic carbocycles. The lowest BCUT2D eigenvalue weighted by atomic mass is 9.85. The summed E-state index contributed by atoms with van der Waals surface area (Å²) in [5, 5.41) is 16.4. The number of carbonyl (C=O) groups is 1. The lowest BCUT2D eigenvalue weighted by molar-refractivity contribution is -0.0556. The zero-order valence-electron chi connectivity index (χ0n) is 18.0. The van der Waals surface area contributed by atoms with E-state index in [1.807, 2.05) is 24.3 Å². The van der Waals surface area contributed by atoms with Gasteiger partial charge in [0.15, 0.2) is 0 Å². The fraction of sp³-hybridized carbons (Fsp3) is 0.208. The van der Waals surface area contributed by atoms with Crippen molar-refractivity contribution in [3.8, 4) is 10.4 Å². The van der Waals surface area contributed by atoms with Crippen LogP contribution in [0.15, 0.2) is 61.2 Å². The Bertz CT molecular complexity index is 1380. The van der Waals surface area contributed by atoms with Crippen molar-refractivity contribution in [2.75, 3.05) is 0 Å². The van der Waals surface area contributed by atoms with Crippen LogP contribution in [0.2, 0.25) is 5.02 Å². The SMILES string of the molecule is C[C@@H](N1Cc2cc(-c3cccc(Cl)c3)sc2C1=O)[C@](O)(Cn1cncn1)c1ccc(F)cc1F. The zero-order valence-corrected chi connectivity index (χ0v) is 19.5. The van der Waals surface area contributed by atoms with Crippen molar-refractivity contribution in [3.05, 3.63) is 93.8 Å². The third kappa shape index (κ3) is 3.89. The van der Waals surface area contributed by atoms with Gasteiger partial charge in [0.1, 0.15) is 29.9 Å². The van der Waals surface area contributed by atoms with Gasteiger partial charge in [-0.05, 0) is 42.3 Å². The molecule has 0 saturated carbocycles. The first-order valence-electron chi connectivity index (χ1n) is 10.5. The highest BCUT2D eigenvalue weighted by Gasteiger charge is 2.46. The van der Waals surface area contributed by atoms with E-state index < -0.39 is 23.3 Å². The Morgan fingerprint density at radius 1 is 1.24 bits per heavy atom. The van der Waals surface area contributed by atoms with Gasteiger partial charge in [0, 0.05) is 28.1 Å². The van der Waals surface area contributed by atoms with Crippen molar-refractivity contribution >= 4 is 28.8 Å². The average Bonchev–Trinajstić information content (AvgIpc) is 3.51. The molecule has 0 spiro atoms. The normalized spacial score (nSPS) is 15.9. The number of nitrogens with zero attached hydrogens (tertiary/aromatic N) is 4. The predicted octanol–water partition coefficient (Wildman–Crippen LogP) is 4.87. The van der Waals surface area contributed by atoms with Gasteiger partial charge in [-0.3, -0.25) is 4.79 Å². The number of halogens is 3. The number of fused-ring (bicyclic) bond motifs is 1. The number of rotatable bonds is 6. The lowest BCUT2D eigenvalue weighted by Gasteiger charge is -2.39. The van der Waals surface area contributed by atoms with Crippen molar-refractivity contribution in [2.24, 2.45) is 0 Å². The Hall–Kier alpha value is -3.14. The van der Waals surface area contributed by atoms with E-state index in [9.17, 15) is 18.7 Å². The van der Waals surface area contributed by atoms with Gasteiger partial charge in [-0.1, -0.05) is 29.8 Å². The van der Waals surface area contributed by atoms with Crippen molar-refractivity contribution in [3.63, 3.8) is 0 Å². The molecule has 0 bridgehead atoms. The molecule has 0 fully saturated rings. The molecular formula is C24H19ClF2N4O2S. The number of carbonyl (C=O) groups excluding carboxylic acids is 1. The van der Waals surface area contributed by atoms with Gasteiger partial charge < -0.3 is 10.0 Å². The monoisotopic (exact) mass is 500 g/mol. The van der Waals surface area contributed by atoms with Gasteiger partial charge in [-0.15, -0.1) is 11.3 Å². The Morgan fingerprint density at radius 3 is 2.74 bits per heavy atom. The first-order valence-corrected chi connectivity index (χ1v) is 11.7. The molecule has 174 valence electrons. The predicted molar refractivity (Wildman–Crippen MR) is 124 cm³/mol. The van der Waals surface area contributed by atoms with Crippen LogP contribution >= 0.6 is 22.9 Å².